The fourth-order valence-electron chi connectivity index (χ4n) is 4.50. The predicted octanol–water partition coefficient (Wildman–Crippen LogP) is 4.25. The molecule has 3 heterocycles. The number of hydrogen-bond acceptors (Lipinski definition) is 6. The van der Waals surface area contributed by atoms with Crippen molar-refractivity contribution in [2.24, 2.45) is 0 Å². The SMILES string of the molecule is Cc1nn(-c2ccccc2)c(C)c1CN1CCCN(Cc2noc(-c3ccccc3)n2)CC1. The largest absolute Gasteiger partial charge is 0.334 e. The molecule has 0 saturated carbocycles. The molecule has 1 fully saturated rings. The lowest BCUT2D eigenvalue weighted by atomic mass is 10.1. The van der Waals surface area contributed by atoms with E-state index in [0.717, 1.165) is 61.9 Å². The van der Waals surface area contributed by atoms with Crippen LogP contribution in [0.15, 0.2) is 65.2 Å². The van der Waals surface area contributed by atoms with Gasteiger partial charge in [-0.05, 0) is 57.6 Å². The van der Waals surface area contributed by atoms with Gasteiger partial charge >= 0.3 is 0 Å². The highest BCUT2D eigenvalue weighted by molar-refractivity contribution is 5.51. The van der Waals surface area contributed by atoms with Crippen molar-refractivity contribution < 1.29 is 4.52 Å². The van der Waals surface area contributed by atoms with E-state index < -0.39 is 0 Å². The minimum Gasteiger partial charge on any atom is -0.334 e. The summed E-state index contributed by atoms with van der Waals surface area (Å²) in [5.41, 5.74) is 5.73. The van der Waals surface area contributed by atoms with Gasteiger partial charge in [0.25, 0.3) is 5.89 Å². The molecule has 0 aliphatic carbocycles. The van der Waals surface area contributed by atoms with E-state index >= 15 is 0 Å². The smallest absolute Gasteiger partial charge is 0.257 e. The summed E-state index contributed by atoms with van der Waals surface area (Å²) >= 11 is 0. The maximum Gasteiger partial charge on any atom is 0.257 e. The molecule has 1 aliphatic heterocycles. The quantitative estimate of drug-likeness (QED) is 0.445. The van der Waals surface area contributed by atoms with Crippen LogP contribution < -0.4 is 0 Å². The second-order valence-electron chi connectivity index (χ2n) is 8.68. The zero-order chi connectivity index (χ0) is 22.6. The highest BCUT2D eigenvalue weighted by Gasteiger charge is 2.20. The molecule has 1 aliphatic rings. The predicted molar refractivity (Wildman–Crippen MR) is 128 cm³/mol. The number of rotatable bonds is 6. The fraction of sp³-hybridized carbons (Fsp3) is 0.346. The van der Waals surface area contributed by atoms with E-state index in [-0.39, 0.29) is 0 Å². The third-order valence-corrected chi connectivity index (χ3v) is 6.36. The Morgan fingerprint density at radius 1 is 0.818 bits per heavy atom. The summed E-state index contributed by atoms with van der Waals surface area (Å²) in [7, 11) is 0. The highest BCUT2D eigenvalue weighted by atomic mass is 16.5. The number of benzene rings is 2. The lowest BCUT2D eigenvalue weighted by molar-refractivity contribution is 0.241. The van der Waals surface area contributed by atoms with Crippen molar-refractivity contribution in [1.82, 2.24) is 29.7 Å². The first-order valence-corrected chi connectivity index (χ1v) is 11.6. The van der Waals surface area contributed by atoms with Crippen molar-refractivity contribution in [2.75, 3.05) is 26.2 Å². The molecular weight excluding hydrogens is 412 g/mol. The molecule has 0 spiro atoms. The average Bonchev–Trinajstić information content (AvgIpc) is 3.34. The van der Waals surface area contributed by atoms with Crippen LogP contribution in [-0.2, 0) is 13.1 Å². The second-order valence-corrected chi connectivity index (χ2v) is 8.68. The van der Waals surface area contributed by atoms with Crippen LogP contribution in [0.2, 0.25) is 0 Å². The average molecular weight is 443 g/mol. The molecule has 0 bridgehead atoms. The summed E-state index contributed by atoms with van der Waals surface area (Å²) in [6.45, 7) is 10.0. The van der Waals surface area contributed by atoms with Crippen LogP contribution in [0.1, 0.15) is 29.2 Å². The maximum atomic E-state index is 5.48. The summed E-state index contributed by atoms with van der Waals surface area (Å²) in [5.74, 6) is 1.33. The molecule has 0 amide bonds. The van der Waals surface area contributed by atoms with Crippen LogP contribution in [0.3, 0.4) is 0 Å². The minimum absolute atomic E-state index is 0.587. The molecule has 2 aromatic heterocycles. The molecule has 5 rings (SSSR count). The Morgan fingerprint density at radius 2 is 1.48 bits per heavy atom. The summed E-state index contributed by atoms with van der Waals surface area (Å²) in [6, 6.07) is 20.3. The molecular formula is C26H30N6O. The minimum atomic E-state index is 0.587. The molecule has 4 aromatic rings. The van der Waals surface area contributed by atoms with Crippen molar-refractivity contribution >= 4 is 0 Å². The van der Waals surface area contributed by atoms with Crippen LogP contribution in [0, 0.1) is 13.8 Å². The number of aromatic nitrogens is 4. The Labute approximate surface area is 194 Å². The van der Waals surface area contributed by atoms with Gasteiger partial charge in [0.1, 0.15) is 0 Å². The van der Waals surface area contributed by atoms with E-state index in [9.17, 15) is 0 Å². The van der Waals surface area contributed by atoms with Gasteiger partial charge < -0.3 is 4.52 Å². The van der Waals surface area contributed by atoms with Crippen LogP contribution in [0.4, 0.5) is 0 Å². The summed E-state index contributed by atoms with van der Waals surface area (Å²) in [6.07, 6.45) is 1.12. The third kappa shape index (κ3) is 4.89. The Hall–Kier alpha value is -3.29. The van der Waals surface area contributed by atoms with Crippen LogP contribution in [-0.4, -0.2) is 55.9 Å². The van der Waals surface area contributed by atoms with Gasteiger partial charge in [-0.2, -0.15) is 10.1 Å². The van der Waals surface area contributed by atoms with Crippen LogP contribution in [0.5, 0.6) is 0 Å². The molecule has 1 saturated heterocycles. The molecule has 2 aromatic carbocycles. The first-order valence-electron chi connectivity index (χ1n) is 11.6. The molecule has 7 nitrogen and oxygen atoms in total. The van der Waals surface area contributed by atoms with E-state index in [2.05, 4.69) is 62.7 Å². The Balaban J connectivity index is 1.21. The van der Waals surface area contributed by atoms with Gasteiger partial charge in [-0.25, -0.2) is 4.68 Å². The summed E-state index contributed by atoms with van der Waals surface area (Å²) in [4.78, 5) is 9.57. The number of hydrogen-bond donors (Lipinski definition) is 0. The van der Waals surface area contributed by atoms with Gasteiger partial charge in [-0.1, -0.05) is 41.6 Å². The van der Waals surface area contributed by atoms with E-state index in [1.807, 2.05) is 36.4 Å². The van der Waals surface area contributed by atoms with E-state index in [4.69, 9.17) is 9.62 Å². The lowest BCUT2D eigenvalue weighted by Gasteiger charge is -2.21. The van der Waals surface area contributed by atoms with Gasteiger partial charge in [0, 0.05) is 36.5 Å². The van der Waals surface area contributed by atoms with Crippen molar-refractivity contribution in [3.63, 3.8) is 0 Å². The first kappa shape index (κ1) is 21.6. The van der Waals surface area contributed by atoms with Crippen molar-refractivity contribution in [1.29, 1.82) is 0 Å². The van der Waals surface area contributed by atoms with Crippen molar-refractivity contribution in [3.05, 3.63) is 83.4 Å². The highest BCUT2D eigenvalue weighted by Crippen LogP contribution is 2.21. The zero-order valence-corrected chi connectivity index (χ0v) is 19.3. The van der Waals surface area contributed by atoms with Gasteiger partial charge in [-0.15, -0.1) is 0 Å². The molecule has 0 atom stereocenters. The summed E-state index contributed by atoms with van der Waals surface area (Å²) in [5, 5.41) is 9.03. The van der Waals surface area contributed by atoms with Crippen molar-refractivity contribution in [2.45, 2.75) is 33.4 Å². The van der Waals surface area contributed by atoms with Gasteiger partial charge in [0.2, 0.25) is 0 Å². The monoisotopic (exact) mass is 442 g/mol. The van der Waals surface area contributed by atoms with E-state index in [1.54, 1.807) is 0 Å². The van der Waals surface area contributed by atoms with Crippen LogP contribution >= 0.6 is 0 Å². The molecule has 0 radical (unpaired) electrons. The fourth-order valence-corrected chi connectivity index (χ4v) is 4.50. The standard InChI is InChI=1S/C26H30N6O/c1-20-24(21(2)32(28-20)23-12-7-4-8-13-23)18-30-14-9-15-31(17-16-30)19-25-27-26(33-29-25)22-10-5-3-6-11-22/h3-8,10-13H,9,14-19H2,1-2H3. The number of aryl methyl sites for hydroxylation is 1. The van der Waals surface area contributed by atoms with Crippen LogP contribution in [0.25, 0.3) is 17.1 Å². The first-order chi connectivity index (χ1) is 16.2. The lowest BCUT2D eigenvalue weighted by Crippen LogP contribution is -2.30. The molecule has 0 unspecified atom stereocenters. The zero-order valence-electron chi connectivity index (χ0n) is 19.3. The summed E-state index contributed by atoms with van der Waals surface area (Å²) < 4.78 is 7.55. The molecule has 170 valence electrons. The number of nitrogens with zero attached hydrogens (tertiary/aromatic N) is 6. The third-order valence-electron chi connectivity index (χ3n) is 6.36. The van der Waals surface area contributed by atoms with E-state index in [1.165, 1.54) is 11.3 Å². The van der Waals surface area contributed by atoms with Gasteiger partial charge in [-0.3, -0.25) is 9.80 Å². The van der Waals surface area contributed by atoms with Crippen molar-refractivity contribution in [3.8, 4) is 17.1 Å². The normalized spacial score (nSPS) is 15.6. The Morgan fingerprint density at radius 3 is 2.21 bits per heavy atom. The Bertz CT molecular complexity index is 1180. The topological polar surface area (TPSA) is 63.2 Å². The molecule has 33 heavy (non-hydrogen) atoms. The Kier molecular flexibility index (Phi) is 6.32. The van der Waals surface area contributed by atoms with Gasteiger partial charge in [0.05, 0.1) is 17.9 Å². The van der Waals surface area contributed by atoms with E-state index in [0.29, 0.717) is 12.4 Å². The second kappa shape index (κ2) is 9.68. The molecule has 0 N–H and O–H groups in total. The number of para-hydroxylation sites is 1. The maximum absolute atomic E-state index is 5.48. The van der Waals surface area contributed by atoms with Gasteiger partial charge in [0.15, 0.2) is 5.82 Å². The molecule has 7 heteroatoms.